The zero-order valence-electron chi connectivity index (χ0n) is 14.2. The van der Waals surface area contributed by atoms with Crippen LogP contribution in [-0.2, 0) is 4.79 Å². The van der Waals surface area contributed by atoms with Gasteiger partial charge in [-0.05, 0) is 64.8 Å². The topological polar surface area (TPSA) is 58.4 Å². The Kier molecular flexibility index (Phi) is 5.31. The van der Waals surface area contributed by atoms with E-state index in [1.807, 2.05) is 20.8 Å². The second kappa shape index (κ2) is 6.66. The number of nitrogens with zero attached hydrogens (tertiary/aromatic N) is 1. The third-order valence-electron chi connectivity index (χ3n) is 5.24. The van der Waals surface area contributed by atoms with Crippen LogP contribution in [0, 0.1) is 17.8 Å². The number of nitrogens with two attached hydrogens (primary N) is 1. The second-order valence-corrected chi connectivity index (χ2v) is 8.27. The predicted octanol–water partition coefficient (Wildman–Crippen LogP) is 1.99. The number of rotatable bonds is 6. The largest absolute Gasteiger partial charge is 0.351 e. The van der Waals surface area contributed by atoms with Gasteiger partial charge in [-0.1, -0.05) is 6.42 Å². The minimum Gasteiger partial charge on any atom is -0.351 e. The Morgan fingerprint density at radius 2 is 2.05 bits per heavy atom. The average Bonchev–Trinajstić information content (AvgIpc) is 2.95. The highest BCUT2D eigenvalue weighted by atomic mass is 16.1. The van der Waals surface area contributed by atoms with Gasteiger partial charge in [0.05, 0.1) is 0 Å². The maximum absolute atomic E-state index is 12.1. The summed E-state index contributed by atoms with van der Waals surface area (Å²) in [6.07, 6.45) is 6.20. The monoisotopic (exact) mass is 295 g/mol. The number of carbonyl (C=O) groups excluding carboxylic acids is 1. The Hall–Kier alpha value is -0.610. The summed E-state index contributed by atoms with van der Waals surface area (Å²) in [5, 5.41) is 3.04. The fourth-order valence-corrected chi connectivity index (χ4v) is 4.22. The van der Waals surface area contributed by atoms with Gasteiger partial charge in [-0.25, -0.2) is 0 Å². The first kappa shape index (κ1) is 16.8. The molecule has 4 heteroatoms. The Balaban J connectivity index is 1.81. The zero-order valence-corrected chi connectivity index (χ0v) is 14.2. The van der Waals surface area contributed by atoms with Gasteiger partial charge in [0.15, 0.2) is 0 Å². The van der Waals surface area contributed by atoms with Gasteiger partial charge in [-0.3, -0.25) is 4.79 Å². The van der Waals surface area contributed by atoms with Crippen LogP contribution in [-0.4, -0.2) is 42.5 Å². The molecule has 0 radical (unpaired) electrons. The summed E-state index contributed by atoms with van der Waals surface area (Å²) in [6, 6.07) is 0.159. The van der Waals surface area contributed by atoms with E-state index in [2.05, 4.69) is 17.3 Å². The summed E-state index contributed by atoms with van der Waals surface area (Å²) in [7, 11) is 2.13. The first-order chi connectivity index (χ1) is 9.78. The summed E-state index contributed by atoms with van der Waals surface area (Å²) >= 11 is 0. The number of fused-ring (bicyclic) bond motifs is 2. The van der Waals surface area contributed by atoms with Gasteiger partial charge in [0.25, 0.3) is 0 Å². The number of amides is 1. The molecule has 2 bridgehead atoms. The van der Waals surface area contributed by atoms with Gasteiger partial charge in [0.1, 0.15) is 0 Å². The maximum atomic E-state index is 12.1. The summed E-state index contributed by atoms with van der Waals surface area (Å²) < 4.78 is 0. The molecule has 4 nitrogen and oxygen atoms in total. The number of hydrogen-bond donors (Lipinski definition) is 2. The van der Waals surface area contributed by atoms with E-state index in [-0.39, 0.29) is 17.5 Å². The van der Waals surface area contributed by atoms with Crippen LogP contribution in [0.3, 0.4) is 0 Å². The fourth-order valence-electron chi connectivity index (χ4n) is 4.22. The van der Waals surface area contributed by atoms with E-state index in [9.17, 15) is 4.79 Å². The van der Waals surface area contributed by atoms with Crippen LogP contribution in [0.5, 0.6) is 0 Å². The smallest absolute Gasteiger partial charge is 0.222 e. The normalized spacial score (nSPS) is 29.9. The van der Waals surface area contributed by atoms with Crippen molar-refractivity contribution < 1.29 is 4.79 Å². The highest BCUT2D eigenvalue weighted by Crippen LogP contribution is 2.48. The van der Waals surface area contributed by atoms with Crippen LogP contribution in [0.1, 0.15) is 52.9 Å². The van der Waals surface area contributed by atoms with E-state index in [4.69, 9.17) is 5.73 Å². The third-order valence-corrected chi connectivity index (χ3v) is 5.24. The Labute approximate surface area is 129 Å². The molecule has 2 aliphatic carbocycles. The first-order valence-corrected chi connectivity index (χ1v) is 8.50. The van der Waals surface area contributed by atoms with Crippen molar-refractivity contribution in [1.82, 2.24) is 10.2 Å². The number of carbonyl (C=O) groups is 1. The molecule has 0 aromatic heterocycles. The molecular formula is C17H33N3O. The lowest BCUT2D eigenvalue weighted by Crippen LogP contribution is -2.47. The molecule has 1 amide bonds. The molecular weight excluding hydrogens is 262 g/mol. The highest BCUT2D eigenvalue weighted by molar-refractivity contribution is 5.77. The zero-order chi connectivity index (χ0) is 15.6. The van der Waals surface area contributed by atoms with Crippen LogP contribution < -0.4 is 11.1 Å². The van der Waals surface area contributed by atoms with E-state index in [0.29, 0.717) is 13.0 Å². The van der Waals surface area contributed by atoms with Gasteiger partial charge < -0.3 is 16.0 Å². The number of likely N-dealkylation sites (N-methyl/N-ethyl adjacent to an activating group) is 1. The Morgan fingerprint density at radius 1 is 1.33 bits per heavy atom. The van der Waals surface area contributed by atoms with E-state index in [1.54, 1.807) is 0 Å². The molecule has 2 saturated carbocycles. The molecule has 122 valence electrons. The van der Waals surface area contributed by atoms with Crippen LogP contribution in [0.4, 0.5) is 0 Å². The molecule has 0 aliphatic heterocycles. The van der Waals surface area contributed by atoms with Crippen LogP contribution in [0.15, 0.2) is 0 Å². The molecule has 2 aliphatic rings. The van der Waals surface area contributed by atoms with Gasteiger partial charge in [0.2, 0.25) is 5.91 Å². The average molecular weight is 295 g/mol. The van der Waals surface area contributed by atoms with E-state index >= 15 is 0 Å². The maximum Gasteiger partial charge on any atom is 0.222 e. The quantitative estimate of drug-likeness (QED) is 0.788. The SMILES string of the molecule is CN(CC1CC2CCC1C2)C(CN)CC(=O)NC(C)(C)C. The first-order valence-electron chi connectivity index (χ1n) is 8.50. The summed E-state index contributed by atoms with van der Waals surface area (Å²) in [5.74, 6) is 2.85. The molecule has 3 N–H and O–H groups in total. The van der Waals surface area contributed by atoms with Crippen molar-refractivity contribution in [2.45, 2.75) is 64.5 Å². The van der Waals surface area contributed by atoms with E-state index in [1.165, 1.54) is 25.7 Å². The van der Waals surface area contributed by atoms with Gasteiger partial charge in [-0.2, -0.15) is 0 Å². The van der Waals surface area contributed by atoms with Crippen molar-refractivity contribution in [2.75, 3.05) is 20.1 Å². The fraction of sp³-hybridized carbons (Fsp3) is 0.941. The van der Waals surface area contributed by atoms with Crippen molar-refractivity contribution >= 4 is 5.91 Å². The molecule has 21 heavy (non-hydrogen) atoms. The molecule has 0 aromatic carbocycles. The second-order valence-electron chi connectivity index (χ2n) is 8.27. The summed E-state index contributed by atoms with van der Waals surface area (Å²) in [5.41, 5.74) is 5.75. The van der Waals surface area contributed by atoms with Crippen molar-refractivity contribution in [3.63, 3.8) is 0 Å². The highest BCUT2D eigenvalue weighted by Gasteiger charge is 2.40. The summed E-state index contributed by atoms with van der Waals surface area (Å²) in [4.78, 5) is 14.4. The van der Waals surface area contributed by atoms with E-state index in [0.717, 1.165) is 24.3 Å². The van der Waals surface area contributed by atoms with Crippen LogP contribution in [0.2, 0.25) is 0 Å². The standard InChI is InChI=1S/C17H33N3O/c1-17(2,3)19-16(21)9-15(10-18)20(4)11-14-8-12-5-6-13(14)7-12/h12-15H,5-11,18H2,1-4H3,(H,19,21). The van der Waals surface area contributed by atoms with Gasteiger partial charge in [-0.15, -0.1) is 0 Å². The van der Waals surface area contributed by atoms with Gasteiger partial charge >= 0.3 is 0 Å². The molecule has 2 fully saturated rings. The third kappa shape index (κ3) is 4.68. The summed E-state index contributed by atoms with van der Waals surface area (Å²) in [6.45, 7) is 7.70. The van der Waals surface area contributed by atoms with Crippen molar-refractivity contribution in [2.24, 2.45) is 23.5 Å². The lowest BCUT2D eigenvalue weighted by Gasteiger charge is -2.33. The molecule has 0 saturated heterocycles. The molecule has 4 atom stereocenters. The number of nitrogens with one attached hydrogen (secondary N) is 1. The minimum absolute atomic E-state index is 0.109. The van der Waals surface area contributed by atoms with Gasteiger partial charge in [0, 0.05) is 31.1 Å². The molecule has 2 rings (SSSR count). The molecule has 0 spiro atoms. The molecule has 4 unspecified atom stereocenters. The number of hydrogen-bond acceptors (Lipinski definition) is 3. The van der Waals surface area contributed by atoms with Crippen molar-refractivity contribution in [1.29, 1.82) is 0 Å². The Morgan fingerprint density at radius 3 is 2.52 bits per heavy atom. The lowest BCUT2D eigenvalue weighted by molar-refractivity contribution is -0.123. The van der Waals surface area contributed by atoms with Crippen LogP contribution >= 0.6 is 0 Å². The van der Waals surface area contributed by atoms with E-state index < -0.39 is 0 Å². The predicted molar refractivity (Wildman–Crippen MR) is 86.9 cm³/mol. The minimum atomic E-state index is -0.167. The lowest BCUT2D eigenvalue weighted by atomic mass is 9.88. The molecule has 0 heterocycles. The Bertz CT molecular complexity index is 364. The molecule has 0 aromatic rings. The van der Waals surface area contributed by atoms with Crippen molar-refractivity contribution in [3.05, 3.63) is 0 Å². The van der Waals surface area contributed by atoms with Crippen molar-refractivity contribution in [3.8, 4) is 0 Å². The van der Waals surface area contributed by atoms with Crippen LogP contribution in [0.25, 0.3) is 0 Å².